The fourth-order valence-corrected chi connectivity index (χ4v) is 3.55. The molecule has 1 aliphatic rings. The van der Waals surface area contributed by atoms with Crippen molar-refractivity contribution in [2.24, 2.45) is 0 Å². The van der Waals surface area contributed by atoms with E-state index in [0.717, 1.165) is 41.9 Å². The van der Waals surface area contributed by atoms with Crippen molar-refractivity contribution in [1.82, 2.24) is 5.32 Å². The molecule has 0 aliphatic heterocycles. The van der Waals surface area contributed by atoms with E-state index in [1.807, 2.05) is 12.1 Å². The Morgan fingerprint density at radius 3 is 2.44 bits per heavy atom. The SMILES string of the molecule is COc1cc(CNCc2ccccc2)c(Br)cc1OC1CCCC1.Cl. The number of rotatable bonds is 7. The summed E-state index contributed by atoms with van der Waals surface area (Å²) in [6.45, 7) is 1.62. The maximum atomic E-state index is 6.13. The highest BCUT2D eigenvalue weighted by atomic mass is 79.9. The summed E-state index contributed by atoms with van der Waals surface area (Å²) in [7, 11) is 1.70. The minimum Gasteiger partial charge on any atom is -0.493 e. The number of hydrogen-bond acceptors (Lipinski definition) is 3. The van der Waals surface area contributed by atoms with Gasteiger partial charge in [-0.2, -0.15) is 0 Å². The van der Waals surface area contributed by atoms with Gasteiger partial charge in [-0.05, 0) is 48.9 Å². The Morgan fingerprint density at radius 1 is 1.04 bits per heavy atom. The van der Waals surface area contributed by atoms with Gasteiger partial charge in [0.05, 0.1) is 13.2 Å². The molecule has 5 heteroatoms. The van der Waals surface area contributed by atoms with Crippen molar-refractivity contribution in [3.8, 4) is 11.5 Å². The first-order chi connectivity index (χ1) is 11.8. The molecule has 1 fully saturated rings. The van der Waals surface area contributed by atoms with Gasteiger partial charge in [-0.25, -0.2) is 0 Å². The van der Waals surface area contributed by atoms with Gasteiger partial charge in [0.1, 0.15) is 0 Å². The molecule has 136 valence electrons. The summed E-state index contributed by atoms with van der Waals surface area (Å²) in [5.74, 6) is 1.64. The average Bonchev–Trinajstić information content (AvgIpc) is 3.11. The lowest BCUT2D eigenvalue weighted by molar-refractivity contribution is 0.200. The molecule has 0 radical (unpaired) electrons. The number of hydrogen-bond donors (Lipinski definition) is 1. The predicted molar refractivity (Wildman–Crippen MR) is 108 cm³/mol. The summed E-state index contributed by atoms with van der Waals surface area (Å²) in [6, 6.07) is 14.5. The van der Waals surface area contributed by atoms with Crippen molar-refractivity contribution in [2.75, 3.05) is 7.11 Å². The lowest BCUT2D eigenvalue weighted by Crippen LogP contribution is -2.14. The van der Waals surface area contributed by atoms with E-state index in [1.54, 1.807) is 7.11 Å². The zero-order valence-corrected chi connectivity index (χ0v) is 16.9. The fourth-order valence-electron chi connectivity index (χ4n) is 3.09. The molecule has 0 spiro atoms. The zero-order chi connectivity index (χ0) is 16.8. The van der Waals surface area contributed by atoms with Gasteiger partial charge in [0, 0.05) is 17.6 Å². The molecule has 1 saturated carbocycles. The molecule has 0 heterocycles. The highest BCUT2D eigenvalue weighted by Gasteiger charge is 2.19. The predicted octanol–water partition coefficient (Wildman–Crippen LogP) is 5.49. The van der Waals surface area contributed by atoms with E-state index >= 15 is 0 Å². The monoisotopic (exact) mass is 425 g/mol. The van der Waals surface area contributed by atoms with Gasteiger partial charge in [-0.3, -0.25) is 0 Å². The number of benzene rings is 2. The zero-order valence-electron chi connectivity index (χ0n) is 14.5. The van der Waals surface area contributed by atoms with Crippen LogP contribution in [0.2, 0.25) is 0 Å². The lowest BCUT2D eigenvalue weighted by Gasteiger charge is -2.18. The first-order valence-electron chi connectivity index (χ1n) is 8.54. The molecule has 0 saturated heterocycles. The quantitative estimate of drug-likeness (QED) is 0.635. The van der Waals surface area contributed by atoms with E-state index < -0.39 is 0 Å². The molecule has 0 unspecified atom stereocenters. The summed E-state index contributed by atoms with van der Waals surface area (Å²) in [6.07, 6.45) is 5.13. The van der Waals surface area contributed by atoms with Gasteiger partial charge >= 0.3 is 0 Å². The Kier molecular flexibility index (Phi) is 8.07. The van der Waals surface area contributed by atoms with Crippen molar-refractivity contribution in [3.63, 3.8) is 0 Å². The van der Waals surface area contributed by atoms with Crippen LogP contribution in [0.5, 0.6) is 11.5 Å². The Morgan fingerprint density at radius 2 is 1.76 bits per heavy atom. The standard InChI is InChI=1S/C20H24BrNO2.ClH/c1-23-19-11-16(14-22-13-15-7-3-2-4-8-15)18(21)12-20(19)24-17-9-5-6-10-17;/h2-4,7-8,11-12,17,22H,5-6,9-10,13-14H2,1H3;1H. The minimum absolute atomic E-state index is 0. The molecule has 0 amide bonds. The molecule has 0 aromatic heterocycles. The number of methoxy groups -OCH3 is 1. The van der Waals surface area contributed by atoms with Crippen molar-refractivity contribution in [2.45, 2.75) is 44.9 Å². The maximum Gasteiger partial charge on any atom is 0.162 e. The number of ether oxygens (including phenoxy) is 2. The second-order valence-corrected chi connectivity index (χ2v) is 7.06. The Balaban J connectivity index is 0.00000225. The smallest absolute Gasteiger partial charge is 0.162 e. The van der Waals surface area contributed by atoms with Crippen LogP contribution in [0, 0.1) is 0 Å². The Bertz CT molecular complexity index is 660. The number of nitrogens with one attached hydrogen (secondary N) is 1. The molecular formula is C20H25BrClNO2. The molecular weight excluding hydrogens is 402 g/mol. The summed E-state index contributed by atoms with van der Waals surface area (Å²) < 4.78 is 12.7. The molecule has 0 atom stereocenters. The molecule has 3 rings (SSSR count). The first-order valence-corrected chi connectivity index (χ1v) is 9.33. The largest absolute Gasteiger partial charge is 0.493 e. The van der Waals surface area contributed by atoms with E-state index in [1.165, 1.54) is 24.0 Å². The molecule has 0 bridgehead atoms. The minimum atomic E-state index is 0. The second-order valence-electron chi connectivity index (χ2n) is 6.21. The van der Waals surface area contributed by atoms with Crippen LogP contribution >= 0.6 is 28.3 Å². The Hall–Kier alpha value is -1.23. The van der Waals surface area contributed by atoms with Crippen LogP contribution < -0.4 is 14.8 Å². The van der Waals surface area contributed by atoms with E-state index in [9.17, 15) is 0 Å². The van der Waals surface area contributed by atoms with Crippen molar-refractivity contribution < 1.29 is 9.47 Å². The number of halogens is 2. The van der Waals surface area contributed by atoms with Crippen LogP contribution in [-0.2, 0) is 13.1 Å². The van der Waals surface area contributed by atoms with Crippen LogP contribution in [0.15, 0.2) is 46.9 Å². The summed E-state index contributed by atoms with van der Waals surface area (Å²) in [5.41, 5.74) is 2.45. The summed E-state index contributed by atoms with van der Waals surface area (Å²) in [4.78, 5) is 0. The molecule has 25 heavy (non-hydrogen) atoms. The molecule has 1 aliphatic carbocycles. The van der Waals surface area contributed by atoms with E-state index in [4.69, 9.17) is 9.47 Å². The van der Waals surface area contributed by atoms with Crippen molar-refractivity contribution in [3.05, 3.63) is 58.1 Å². The third kappa shape index (κ3) is 5.63. The molecule has 3 nitrogen and oxygen atoms in total. The van der Waals surface area contributed by atoms with Crippen LogP contribution in [0.4, 0.5) is 0 Å². The molecule has 1 N–H and O–H groups in total. The van der Waals surface area contributed by atoms with Crippen LogP contribution in [0.3, 0.4) is 0 Å². The van der Waals surface area contributed by atoms with E-state index in [0.29, 0.717) is 6.10 Å². The van der Waals surface area contributed by atoms with Crippen molar-refractivity contribution >= 4 is 28.3 Å². The van der Waals surface area contributed by atoms with Crippen LogP contribution in [-0.4, -0.2) is 13.2 Å². The van der Waals surface area contributed by atoms with E-state index in [-0.39, 0.29) is 12.4 Å². The van der Waals surface area contributed by atoms with Crippen LogP contribution in [0.1, 0.15) is 36.8 Å². The van der Waals surface area contributed by atoms with Gasteiger partial charge in [-0.1, -0.05) is 46.3 Å². The second kappa shape index (κ2) is 10.0. The topological polar surface area (TPSA) is 30.5 Å². The van der Waals surface area contributed by atoms with Crippen molar-refractivity contribution in [1.29, 1.82) is 0 Å². The van der Waals surface area contributed by atoms with E-state index in [2.05, 4.69) is 51.6 Å². The molecule has 2 aromatic rings. The average molecular weight is 427 g/mol. The summed E-state index contributed by atoms with van der Waals surface area (Å²) in [5, 5.41) is 3.48. The van der Waals surface area contributed by atoms with Gasteiger partial charge in [0.25, 0.3) is 0 Å². The van der Waals surface area contributed by atoms with Crippen LogP contribution in [0.25, 0.3) is 0 Å². The Labute approximate surface area is 164 Å². The van der Waals surface area contributed by atoms with Gasteiger partial charge in [0.15, 0.2) is 11.5 Å². The third-order valence-corrected chi connectivity index (χ3v) is 5.15. The van der Waals surface area contributed by atoms with Gasteiger partial charge < -0.3 is 14.8 Å². The summed E-state index contributed by atoms with van der Waals surface area (Å²) >= 11 is 3.67. The maximum absolute atomic E-state index is 6.13. The lowest BCUT2D eigenvalue weighted by atomic mass is 10.1. The third-order valence-electron chi connectivity index (χ3n) is 4.42. The van der Waals surface area contributed by atoms with Gasteiger partial charge in [0.2, 0.25) is 0 Å². The molecule has 2 aromatic carbocycles. The first kappa shape index (κ1) is 20.1. The van der Waals surface area contributed by atoms with Gasteiger partial charge in [-0.15, -0.1) is 12.4 Å². The fraction of sp³-hybridized carbons (Fsp3) is 0.400. The highest BCUT2D eigenvalue weighted by Crippen LogP contribution is 2.36. The highest BCUT2D eigenvalue weighted by molar-refractivity contribution is 9.10. The normalized spacial score (nSPS) is 14.2.